The highest BCUT2D eigenvalue weighted by Gasteiger charge is 2.10. The zero-order valence-electron chi connectivity index (χ0n) is 15.2. The third-order valence-electron chi connectivity index (χ3n) is 4.53. The largest absolute Gasteiger partial charge is 0.492 e. The second-order valence-electron chi connectivity index (χ2n) is 6.55. The predicted molar refractivity (Wildman–Crippen MR) is 111 cm³/mol. The van der Waals surface area contributed by atoms with Crippen LogP contribution in [0.4, 0.5) is 10.8 Å². The second-order valence-corrected chi connectivity index (χ2v) is 7.58. The zero-order valence-corrected chi connectivity index (χ0v) is 16.0. The molecule has 7 heteroatoms. The molecule has 2 aromatic carbocycles. The highest BCUT2D eigenvalue weighted by atomic mass is 32.1. The molecule has 0 aliphatic carbocycles. The summed E-state index contributed by atoms with van der Waals surface area (Å²) in [5, 5.41) is 4.28. The molecule has 0 unspecified atom stereocenters. The summed E-state index contributed by atoms with van der Waals surface area (Å²) in [5.74, 6) is 0.891. The molecular formula is C20H24N4O2S. The van der Waals surface area contributed by atoms with Crippen molar-refractivity contribution in [1.29, 1.82) is 0 Å². The summed E-state index contributed by atoms with van der Waals surface area (Å²) in [4.78, 5) is 7.01. The van der Waals surface area contributed by atoms with E-state index in [0.717, 1.165) is 65.2 Å². The van der Waals surface area contributed by atoms with Crippen molar-refractivity contribution in [2.24, 2.45) is 0 Å². The Morgan fingerprint density at radius 2 is 2.07 bits per heavy atom. The van der Waals surface area contributed by atoms with Gasteiger partial charge in [-0.25, -0.2) is 4.98 Å². The van der Waals surface area contributed by atoms with Crippen LogP contribution in [-0.2, 0) is 11.3 Å². The van der Waals surface area contributed by atoms with Crippen LogP contribution < -0.4 is 15.8 Å². The predicted octanol–water partition coefficient (Wildman–Crippen LogP) is 3.20. The highest BCUT2D eigenvalue weighted by molar-refractivity contribution is 7.22. The van der Waals surface area contributed by atoms with Gasteiger partial charge in [0.25, 0.3) is 0 Å². The smallest absolute Gasteiger partial charge is 0.184 e. The van der Waals surface area contributed by atoms with Gasteiger partial charge in [0.15, 0.2) is 5.13 Å². The van der Waals surface area contributed by atoms with Crippen LogP contribution in [0.15, 0.2) is 42.5 Å². The van der Waals surface area contributed by atoms with Gasteiger partial charge in [0.1, 0.15) is 12.4 Å². The van der Waals surface area contributed by atoms with E-state index in [1.807, 2.05) is 30.3 Å². The molecule has 0 saturated carbocycles. The summed E-state index contributed by atoms with van der Waals surface area (Å²) >= 11 is 1.64. The Labute approximate surface area is 162 Å². The van der Waals surface area contributed by atoms with Crippen molar-refractivity contribution in [2.45, 2.75) is 6.54 Å². The van der Waals surface area contributed by atoms with Crippen LogP contribution in [0, 0.1) is 0 Å². The number of benzene rings is 2. The first kappa shape index (κ1) is 18.0. The summed E-state index contributed by atoms with van der Waals surface area (Å²) in [6.45, 7) is 5.92. The number of nitrogens with two attached hydrogens (primary N) is 1. The van der Waals surface area contributed by atoms with Gasteiger partial charge in [0.2, 0.25) is 0 Å². The number of thiazole rings is 1. The maximum atomic E-state index is 5.93. The Bertz CT molecular complexity index is 893. The number of morpholine rings is 1. The molecule has 3 aromatic rings. The number of hydrogen-bond donors (Lipinski definition) is 2. The fourth-order valence-electron chi connectivity index (χ4n) is 3.07. The molecule has 1 fully saturated rings. The Balaban J connectivity index is 1.33. The summed E-state index contributed by atoms with van der Waals surface area (Å²) in [5.41, 5.74) is 8.73. The third-order valence-corrected chi connectivity index (χ3v) is 5.51. The monoisotopic (exact) mass is 384 g/mol. The van der Waals surface area contributed by atoms with Crippen molar-refractivity contribution in [3.63, 3.8) is 0 Å². The van der Waals surface area contributed by atoms with Crippen molar-refractivity contribution < 1.29 is 9.47 Å². The van der Waals surface area contributed by atoms with Crippen LogP contribution in [0.2, 0.25) is 0 Å². The number of hydrogen-bond acceptors (Lipinski definition) is 7. The summed E-state index contributed by atoms with van der Waals surface area (Å²) in [6, 6.07) is 14.0. The molecule has 142 valence electrons. The SMILES string of the molecule is Nc1cccc(CNc2nc3ccc(OCCN4CCOCC4)cc3s2)c1. The number of nitrogens with one attached hydrogen (secondary N) is 1. The molecule has 3 N–H and O–H groups in total. The average Bonchev–Trinajstić information content (AvgIpc) is 3.10. The molecule has 1 saturated heterocycles. The van der Waals surface area contributed by atoms with Gasteiger partial charge < -0.3 is 20.5 Å². The Morgan fingerprint density at radius 1 is 1.19 bits per heavy atom. The van der Waals surface area contributed by atoms with Gasteiger partial charge in [-0.15, -0.1) is 0 Å². The number of ether oxygens (including phenoxy) is 2. The molecular weight excluding hydrogens is 360 g/mol. The Hall–Kier alpha value is -2.35. The van der Waals surface area contributed by atoms with Gasteiger partial charge in [-0.1, -0.05) is 23.5 Å². The fraction of sp³-hybridized carbons (Fsp3) is 0.350. The third kappa shape index (κ3) is 4.88. The summed E-state index contributed by atoms with van der Waals surface area (Å²) in [6.07, 6.45) is 0. The second kappa shape index (κ2) is 8.56. The number of anilines is 2. The minimum absolute atomic E-state index is 0.685. The van der Waals surface area contributed by atoms with E-state index in [-0.39, 0.29) is 0 Å². The van der Waals surface area contributed by atoms with Crippen molar-refractivity contribution in [1.82, 2.24) is 9.88 Å². The van der Waals surface area contributed by atoms with Crippen LogP contribution in [-0.4, -0.2) is 49.3 Å². The average molecular weight is 385 g/mol. The first-order valence-electron chi connectivity index (χ1n) is 9.18. The van der Waals surface area contributed by atoms with Gasteiger partial charge >= 0.3 is 0 Å². The molecule has 27 heavy (non-hydrogen) atoms. The molecule has 6 nitrogen and oxygen atoms in total. The van der Waals surface area contributed by atoms with Crippen molar-refractivity contribution in [2.75, 3.05) is 50.5 Å². The molecule has 0 bridgehead atoms. The first-order valence-corrected chi connectivity index (χ1v) is 10.00. The van der Waals surface area contributed by atoms with E-state index in [9.17, 15) is 0 Å². The van der Waals surface area contributed by atoms with Crippen LogP contribution in [0.3, 0.4) is 0 Å². The van der Waals surface area contributed by atoms with E-state index in [4.69, 9.17) is 15.2 Å². The lowest BCUT2D eigenvalue weighted by Gasteiger charge is -2.26. The normalized spacial score (nSPS) is 15.1. The zero-order chi connectivity index (χ0) is 18.5. The molecule has 1 aromatic heterocycles. The van der Waals surface area contributed by atoms with E-state index in [0.29, 0.717) is 13.2 Å². The molecule has 2 heterocycles. The van der Waals surface area contributed by atoms with Gasteiger partial charge in [-0.05, 0) is 35.9 Å². The molecule has 4 rings (SSSR count). The Kier molecular flexibility index (Phi) is 5.72. The van der Waals surface area contributed by atoms with E-state index in [1.54, 1.807) is 11.3 Å². The quantitative estimate of drug-likeness (QED) is 0.610. The number of nitrogen functional groups attached to an aromatic ring is 1. The molecule has 1 aliphatic rings. The standard InChI is InChI=1S/C20H24N4O2S/c21-16-3-1-2-15(12-16)14-22-20-23-18-5-4-17(13-19(18)27-20)26-11-8-24-6-9-25-10-7-24/h1-5,12-13H,6-11,14,21H2,(H,22,23). The molecule has 0 atom stereocenters. The minimum atomic E-state index is 0.685. The highest BCUT2D eigenvalue weighted by Crippen LogP contribution is 2.29. The van der Waals surface area contributed by atoms with Crippen LogP contribution in [0.5, 0.6) is 5.75 Å². The van der Waals surface area contributed by atoms with Gasteiger partial charge in [0, 0.05) is 31.9 Å². The summed E-state index contributed by atoms with van der Waals surface area (Å²) in [7, 11) is 0. The lowest BCUT2D eigenvalue weighted by molar-refractivity contribution is 0.0322. The number of aromatic nitrogens is 1. The molecule has 0 amide bonds. The van der Waals surface area contributed by atoms with E-state index >= 15 is 0 Å². The van der Waals surface area contributed by atoms with E-state index in [2.05, 4.69) is 27.3 Å². The lowest BCUT2D eigenvalue weighted by Crippen LogP contribution is -2.38. The van der Waals surface area contributed by atoms with Gasteiger partial charge in [-0.3, -0.25) is 4.90 Å². The molecule has 0 radical (unpaired) electrons. The van der Waals surface area contributed by atoms with Gasteiger partial charge in [0.05, 0.1) is 23.4 Å². The maximum Gasteiger partial charge on any atom is 0.184 e. The number of rotatable bonds is 7. The van der Waals surface area contributed by atoms with Crippen molar-refractivity contribution in [3.05, 3.63) is 48.0 Å². The number of fused-ring (bicyclic) bond motifs is 1. The van der Waals surface area contributed by atoms with Crippen molar-refractivity contribution in [3.8, 4) is 5.75 Å². The fourth-order valence-corrected chi connectivity index (χ4v) is 3.96. The summed E-state index contributed by atoms with van der Waals surface area (Å²) < 4.78 is 12.4. The van der Waals surface area contributed by atoms with Crippen LogP contribution >= 0.6 is 11.3 Å². The van der Waals surface area contributed by atoms with Gasteiger partial charge in [-0.2, -0.15) is 0 Å². The maximum absolute atomic E-state index is 5.93. The topological polar surface area (TPSA) is 72.6 Å². The molecule has 0 spiro atoms. The lowest BCUT2D eigenvalue weighted by atomic mass is 10.2. The Morgan fingerprint density at radius 3 is 2.93 bits per heavy atom. The van der Waals surface area contributed by atoms with Crippen LogP contribution in [0.1, 0.15) is 5.56 Å². The molecule has 1 aliphatic heterocycles. The number of nitrogens with zero attached hydrogens (tertiary/aromatic N) is 2. The van der Waals surface area contributed by atoms with Crippen LogP contribution in [0.25, 0.3) is 10.2 Å². The minimum Gasteiger partial charge on any atom is -0.492 e. The van der Waals surface area contributed by atoms with Crippen molar-refractivity contribution >= 4 is 32.4 Å². The van der Waals surface area contributed by atoms with E-state index in [1.165, 1.54) is 0 Å². The first-order chi connectivity index (χ1) is 13.3. The van der Waals surface area contributed by atoms with E-state index < -0.39 is 0 Å².